The molecule has 96 valence electrons. The Kier molecular flexibility index (Phi) is 5.63. The van der Waals surface area contributed by atoms with Crippen LogP contribution in [0, 0.1) is 17.1 Å². The lowest BCUT2D eigenvalue weighted by Gasteiger charge is -2.16. The van der Waals surface area contributed by atoms with Gasteiger partial charge >= 0.3 is 0 Å². The maximum atomic E-state index is 13.2. The van der Waals surface area contributed by atoms with Crippen molar-refractivity contribution in [2.24, 2.45) is 0 Å². The third kappa shape index (κ3) is 3.73. The Morgan fingerprint density at radius 3 is 2.94 bits per heavy atom. The molecule has 0 spiro atoms. The van der Waals surface area contributed by atoms with Gasteiger partial charge < -0.3 is 10.1 Å². The van der Waals surface area contributed by atoms with Crippen LogP contribution in [0.2, 0.25) is 5.02 Å². The van der Waals surface area contributed by atoms with Crippen molar-refractivity contribution in [2.45, 2.75) is 12.5 Å². The summed E-state index contributed by atoms with van der Waals surface area (Å²) in [7, 11) is 1.83. The van der Waals surface area contributed by atoms with E-state index in [1.165, 1.54) is 6.07 Å². The number of hydrogen-bond acceptors (Lipinski definition) is 3. The molecule has 0 amide bonds. The zero-order valence-corrected chi connectivity index (χ0v) is 10.8. The predicted octanol–water partition coefficient (Wildman–Crippen LogP) is 2.89. The van der Waals surface area contributed by atoms with Gasteiger partial charge in [0.25, 0.3) is 0 Å². The van der Waals surface area contributed by atoms with Gasteiger partial charge in [-0.2, -0.15) is 5.26 Å². The Morgan fingerprint density at radius 2 is 2.39 bits per heavy atom. The highest BCUT2D eigenvalue weighted by molar-refractivity contribution is 6.30. The van der Waals surface area contributed by atoms with Crippen molar-refractivity contribution in [3.05, 3.63) is 41.2 Å². The second-order valence-corrected chi connectivity index (χ2v) is 4.07. The molecule has 0 bridgehead atoms. The van der Waals surface area contributed by atoms with E-state index < -0.39 is 5.82 Å². The average Bonchev–Trinajstić information content (AvgIpc) is 2.38. The van der Waals surface area contributed by atoms with Crippen LogP contribution in [0.4, 0.5) is 4.39 Å². The minimum atomic E-state index is -0.633. The highest BCUT2D eigenvalue weighted by atomic mass is 35.5. The third-order valence-corrected chi connectivity index (χ3v) is 2.65. The summed E-state index contributed by atoms with van der Waals surface area (Å²) in [5.41, 5.74) is 0.119. The van der Waals surface area contributed by atoms with E-state index in [0.29, 0.717) is 6.42 Å². The molecule has 18 heavy (non-hydrogen) atoms. The molecular formula is C13H14ClFN2O. The Morgan fingerprint density at radius 1 is 1.67 bits per heavy atom. The lowest BCUT2D eigenvalue weighted by Crippen LogP contribution is -2.20. The first-order chi connectivity index (χ1) is 8.62. The molecule has 3 nitrogen and oxygen atoms in total. The first kappa shape index (κ1) is 14.5. The molecule has 1 aromatic rings. The summed E-state index contributed by atoms with van der Waals surface area (Å²) in [6.45, 7) is 4.41. The van der Waals surface area contributed by atoms with Crippen LogP contribution in [-0.4, -0.2) is 19.7 Å². The second kappa shape index (κ2) is 7.00. The van der Waals surface area contributed by atoms with E-state index in [0.717, 1.165) is 12.6 Å². The first-order valence-electron chi connectivity index (χ1n) is 5.45. The molecule has 0 fully saturated rings. The van der Waals surface area contributed by atoms with E-state index in [-0.39, 0.29) is 22.4 Å². The molecule has 1 aromatic carbocycles. The summed E-state index contributed by atoms with van der Waals surface area (Å²) in [5.74, 6) is -0.365. The molecule has 0 aliphatic rings. The van der Waals surface area contributed by atoms with Crippen LogP contribution in [0.3, 0.4) is 0 Å². The van der Waals surface area contributed by atoms with Gasteiger partial charge in [0.1, 0.15) is 23.7 Å². The lowest BCUT2D eigenvalue weighted by atomic mass is 10.2. The second-order valence-electron chi connectivity index (χ2n) is 3.66. The van der Waals surface area contributed by atoms with Crippen LogP contribution < -0.4 is 10.1 Å². The maximum absolute atomic E-state index is 13.2. The summed E-state index contributed by atoms with van der Waals surface area (Å²) in [6.07, 6.45) is 2.07. The SMILES string of the molecule is C=CC(CCNC)Oc1cc(Cl)c(F)cc1C#N. The van der Waals surface area contributed by atoms with E-state index in [1.807, 2.05) is 13.1 Å². The molecule has 5 heteroatoms. The summed E-state index contributed by atoms with van der Waals surface area (Å²) >= 11 is 5.67. The number of benzene rings is 1. The summed E-state index contributed by atoms with van der Waals surface area (Å²) in [6, 6.07) is 4.25. The highest BCUT2D eigenvalue weighted by Crippen LogP contribution is 2.27. The fourth-order valence-corrected chi connectivity index (χ4v) is 1.54. The van der Waals surface area contributed by atoms with Crippen molar-refractivity contribution in [1.29, 1.82) is 5.26 Å². The molecule has 1 rings (SSSR count). The standard InChI is InChI=1S/C13H14ClFN2O/c1-3-10(4-5-17-2)18-13-7-11(14)12(15)6-9(13)8-16/h3,6-7,10,17H,1,4-5H2,2H3. The Bertz CT molecular complexity index is 471. The molecule has 0 radical (unpaired) electrons. The van der Waals surface area contributed by atoms with E-state index in [1.54, 1.807) is 6.08 Å². The molecular weight excluding hydrogens is 255 g/mol. The number of nitrogens with zero attached hydrogens (tertiary/aromatic N) is 1. The van der Waals surface area contributed by atoms with Gasteiger partial charge in [-0.1, -0.05) is 24.3 Å². The molecule has 0 saturated heterocycles. The normalized spacial score (nSPS) is 11.7. The van der Waals surface area contributed by atoms with Crippen LogP contribution >= 0.6 is 11.6 Å². The van der Waals surface area contributed by atoms with Crippen molar-refractivity contribution in [1.82, 2.24) is 5.32 Å². The number of halogens is 2. The minimum Gasteiger partial charge on any atom is -0.485 e. The molecule has 0 aliphatic heterocycles. The first-order valence-corrected chi connectivity index (χ1v) is 5.83. The Labute approximate surface area is 111 Å². The zero-order chi connectivity index (χ0) is 13.5. The van der Waals surface area contributed by atoms with E-state index in [4.69, 9.17) is 21.6 Å². The summed E-state index contributed by atoms with van der Waals surface area (Å²) in [4.78, 5) is 0. The molecule has 0 saturated carbocycles. The average molecular weight is 269 g/mol. The van der Waals surface area contributed by atoms with Gasteiger partial charge in [-0.25, -0.2) is 4.39 Å². The van der Waals surface area contributed by atoms with Gasteiger partial charge in [0.2, 0.25) is 0 Å². The van der Waals surface area contributed by atoms with Crippen molar-refractivity contribution in [3.63, 3.8) is 0 Å². The lowest BCUT2D eigenvalue weighted by molar-refractivity contribution is 0.237. The Hall–Kier alpha value is -1.57. The molecule has 0 heterocycles. The molecule has 1 atom stereocenters. The smallest absolute Gasteiger partial charge is 0.143 e. The van der Waals surface area contributed by atoms with Crippen molar-refractivity contribution >= 4 is 11.6 Å². The number of hydrogen-bond donors (Lipinski definition) is 1. The van der Waals surface area contributed by atoms with E-state index in [2.05, 4.69) is 11.9 Å². The summed E-state index contributed by atoms with van der Waals surface area (Å²) < 4.78 is 18.8. The van der Waals surface area contributed by atoms with Crippen LogP contribution in [0.15, 0.2) is 24.8 Å². The largest absolute Gasteiger partial charge is 0.485 e. The van der Waals surface area contributed by atoms with Crippen molar-refractivity contribution in [2.75, 3.05) is 13.6 Å². The predicted molar refractivity (Wildman–Crippen MR) is 69.3 cm³/mol. The number of nitriles is 1. The molecule has 0 aliphatic carbocycles. The van der Waals surface area contributed by atoms with Crippen LogP contribution in [0.5, 0.6) is 5.75 Å². The van der Waals surface area contributed by atoms with Crippen LogP contribution in [0.25, 0.3) is 0 Å². The zero-order valence-electron chi connectivity index (χ0n) is 10.0. The van der Waals surface area contributed by atoms with Gasteiger partial charge in [0, 0.05) is 12.5 Å². The molecule has 1 unspecified atom stereocenters. The highest BCUT2D eigenvalue weighted by Gasteiger charge is 2.13. The topological polar surface area (TPSA) is 45.0 Å². The third-order valence-electron chi connectivity index (χ3n) is 2.36. The van der Waals surface area contributed by atoms with Crippen LogP contribution in [-0.2, 0) is 0 Å². The van der Waals surface area contributed by atoms with Gasteiger partial charge in [-0.15, -0.1) is 0 Å². The fourth-order valence-electron chi connectivity index (χ4n) is 1.39. The van der Waals surface area contributed by atoms with Gasteiger partial charge in [0.05, 0.1) is 10.6 Å². The summed E-state index contributed by atoms with van der Waals surface area (Å²) in [5, 5.41) is 11.8. The van der Waals surface area contributed by atoms with Gasteiger partial charge in [0.15, 0.2) is 0 Å². The van der Waals surface area contributed by atoms with Crippen molar-refractivity contribution < 1.29 is 9.13 Å². The van der Waals surface area contributed by atoms with Crippen LogP contribution in [0.1, 0.15) is 12.0 Å². The number of nitrogens with one attached hydrogen (secondary N) is 1. The van der Waals surface area contributed by atoms with E-state index >= 15 is 0 Å². The minimum absolute atomic E-state index is 0.0690. The number of ether oxygens (including phenoxy) is 1. The monoisotopic (exact) mass is 268 g/mol. The molecule has 1 N–H and O–H groups in total. The van der Waals surface area contributed by atoms with Gasteiger partial charge in [-0.05, 0) is 19.7 Å². The quantitative estimate of drug-likeness (QED) is 0.807. The maximum Gasteiger partial charge on any atom is 0.143 e. The van der Waals surface area contributed by atoms with E-state index in [9.17, 15) is 4.39 Å². The fraction of sp³-hybridized carbons (Fsp3) is 0.308. The van der Waals surface area contributed by atoms with Gasteiger partial charge in [-0.3, -0.25) is 0 Å². The molecule has 0 aromatic heterocycles. The van der Waals surface area contributed by atoms with Crippen molar-refractivity contribution in [3.8, 4) is 11.8 Å². The Balaban J connectivity index is 2.92. The number of rotatable bonds is 6.